The van der Waals surface area contributed by atoms with Crippen molar-refractivity contribution in [2.45, 2.75) is 19.4 Å². The van der Waals surface area contributed by atoms with E-state index in [4.69, 9.17) is 9.47 Å². The largest absolute Gasteiger partial charge is 0.492 e. The molecule has 1 saturated heterocycles. The first-order chi connectivity index (χ1) is 14.2. The van der Waals surface area contributed by atoms with Gasteiger partial charge in [0.15, 0.2) is 5.96 Å². The lowest BCUT2D eigenvalue weighted by Gasteiger charge is -2.26. The number of guanidine groups is 1. The van der Waals surface area contributed by atoms with E-state index in [2.05, 4.69) is 56.4 Å². The van der Waals surface area contributed by atoms with Gasteiger partial charge in [0.05, 0.1) is 13.2 Å². The highest BCUT2D eigenvalue weighted by Crippen LogP contribution is 2.17. The van der Waals surface area contributed by atoms with Gasteiger partial charge < -0.3 is 20.1 Å². The zero-order valence-corrected chi connectivity index (χ0v) is 20.9. The number of ether oxygens (including phenoxy) is 2. The molecule has 1 aromatic heterocycles. The lowest BCUT2D eigenvalue weighted by atomic mass is 10.1. The van der Waals surface area contributed by atoms with E-state index >= 15 is 0 Å². The predicted octanol–water partition coefficient (Wildman–Crippen LogP) is 3.55. The molecule has 3 rings (SSSR count). The van der Waals surface area contributed by atoms with Crippen molar-refractivity contribution in [1.82, 2.24) is 15.5 Å². The Morgan fingerprint density at radius 2 is 2.10 bits per heavy atom. The van der Waals surface area contributed by atoms with Gasteiger partial charge in [0, 0.05) is 39.8 Å². The van der Waals surface area contributed by atoms with Crippen LogP contribution in [0.2, 0.25) is 0 Å². The van der Waals surface area contributed by atoms with Gasteiger partial charge >= 0.3 is 0 Å². The summed E-state index contributed by atoms with van der Waals surface area (Å²) in [5.41, 5.74) is 2.53. The van der Waals surface area contributed by atoms with Crippen LogP contribution in [-0.2, 0) is 11.3 Å². The highest BCUT2D eigenvalue weighted by Gasteiger charge is 2.10. The Morgan fingerprint density at radius 1 is 1.27 bits per heavy atom. The number of benzene rings is 1. The highest BCUT2D eigenvalue weighted by atomic mass is 127. The van der Waals surface area contributed by atoms with Gasteiger partial charge in [-0.2, -0.15) is 11.3 Å². The fourth-order valence-electron chi connectivity index (χ4n) is 3.19. The van der Waals surface area contributed by atoms with Crippen LogP contribution in [0.25, 0.3) is 0 Å². The van der Waals surface area contributed by atoms with Crippen molar-refractivity contribution in [1.29, 1.82) is 0 Å². The maximum atomic E-state index is 5.95. The van der Waals surface area contributed by atoms with Gasteiger partial charge in [-0.1, -0.05) is 19.1 Å². The number of thiophene rings is 1. The van der Waals surface area contributed by atoms with Crippen LogP contribution in [0.3, 0.4) is 0 Å². The first-order valence-corrected chi connectivity index (χ1v) is 11.2. The summed E-state index contributed by atoms with van der Waals surface area (Å²) < 4.78 is 11.3. The molecule has 30 heavy (non-hydrogen) atoms. The monoisotopic (exact) mass is 544 g/mol. The number of aliphatic imine (C=N–C) groups is 1. The van der Waals surface area contributed by atoms with E-state index < -0.39 is 0 Å². The standard InChI is InChI=1S/C22H32N4O2S.HI/c1-18(20-6-13-29-17-20)15-24-22(23-2)25-16-19-4-3-5-21(14-19)28-12-9-26-7-10-27-11-8-26;/h3-6,13-14,17-18H,7-12,15-16H2,1-2H3,(H2,23,24,25);1H. The van der Waals surface area contributed by atoms with E-state index in [1.165, 1.54) is 11.1 Å². The molecule has 0 spiro atoms. The van der Waals surface area contributed by atoms with E-state index in [9.17, 15) is 0 Å². The molecule has 0 bridgehead atoms. The van der Waals surface area contributed by atoms with Crippen LogP contribution in [0.4, 0.5) is 0 Å². The molecule has 2 aromatic rings. The van der Waals surface area contributed by atoms with Crippen LogP contribution < -0.4 is 15.4 Å². The molecule has 0 radical (unpaired) electrons. The minimum absolute atomic E-state index is 0. The van der Waals surface area contributed by atoms with Crippen LogP contribution in [0.1, 0.15) is 24.0 Å². The summed E-state index contributed by atoms with van der Waals surface area (Å²) in [6.45, 7) is 9.03. The number of morpholine rings is 1. The van der Waals surface area contributed by atoms with Gasteiger partial charge in [0.25, 0.3) is 0 Å². The fraction of sp³-hybridized carbons (Fsp3) is 0.500. The second kappa shape index (κ2) is 13.8. The van der Waals surface area contributed by atoms with Crippen molar-refractivity contribution < 1.29 is 9.47 Å². The second-order valence-corrected chi connectivity index (χ2v) is 7.99. The van der Waals surface area contributed by atoms with Crippen molar-refractivity contribution in [3.63, 3.8) is 0 Å². The topological polar surface area (TPSA) is 58.1 Å². The Labute approximate surface area is 201 Å². The molecule has 1 aromatic carbocycles. The molecule has 166 valence electrons. The zero-order chi connectivity index (χ0) is 20.3. The summed E-state index contributed by atoms with van der Waals surface area (Å²) >= 11 is 1.74. The van der Waals surface area contributed by atoms with Gasteiger partial charge in [-0.05, 0) is 46.0 Å². The average Bonchev–Trinajstić information content (AvgIpc) is 3.30. The Morgan fingerprint density at radius 3 is 2.83 bits per heavy atom. The number of nitrogens with zero attached hydrogens (tertiary/aromatic N) is 2. The molecule has 2 N–H and O–H groups in total. The lowest BCUT2D eigenvalue weighted by molar-refractivity contribution is 0.0322. The molecule has 6 nitrogen and oxygen atoms in total. The summed E-state index contributed by atoms with van der Waals surface area (Å²) in [7, 11) is 1.80. The summed E-state index contributed by atoms with van der Waals surface area (Å²) in [6, 6.07) is 10.4. The molecular formula is C22H33IN4O2S. The van der Waals surface area contributed by atoms with Gasteiger partial charge in [-0.25, -0.2) is 0 Å². The van der Waals surface area contributed by atoms with Crippen molar-refractivity contribution in [2.75, 3.05) is 53.0 Å². The first kappa shape index (κ1) is 24.9. The maximum absolute atomic E-state index is 5.95. The Kier molecular flexibility index (Phi) is 11.5. The van der Waals surface area contributed by atoms with Crippen LogP contribution in [-0.4, -0.2) is 63.9 Å². The molecule has 1 unspecified atom stereocenters. The van der Waals surface area contributed by atoms with Crippen molar-refractivity contribution in [2.24, 2.45) is 4.99 Å². The van der Waals surface area contributed by atoms with E-state index in [0.29, 0.717) is 19.1 Å². The number of rotatable bonds is 9. The highest BCUT2D eigenvalue weighted by molar-refractivity contribution is 14.0. The zero-order valence-electron chi connectivity index (χ0n) is 17.8. The third kappa shape index (κ3) is 8.41. The lowest BCUT2D eigenvalue weighted by Crippen LogP contribution is -2.38. The van der Waals surface area contributed by atoms with E-state index in [1.54, 1.807) is 18.4 Å². The van der Waals surface area contributed by atoms with Crippen LogP contribution >= 0.6 is 35.3 Å². The van der Waals surface area contributed by atoms with Gasteiger partial charge in [0.1, 0.15) is 12.4 Å². The van der Waals surface area contributed by atoms with E-state index in [1.807, 2.05) is 12.1 Å². The fourth-order valence-corrected chi connectivity index (χ4v) is 3.97. The summed E-state index contributed by atoms with van der Waals surface area (Å²) in [5.74, 6) is 2.17. The maximum Gasteiger partial charge on any atom is 0.191 e. The minimum Gasteiger partial charge on any atom is -0.492 e. The van der Waals surface area contributed by atoms with Crippen molar-refractivity contribution >= 4 is 41.3 Å². The normalized spacial score (nSPS) is 15.9. The predicted molar refractivity (Wildman–Crippen MR) is 136 cm³/mol. The molecule has 8 heteroatoms. The van der Waals surface area contributed by atoms with Crippen LogP contribution in [0, 0.1) is 0 Å². The smallest absolute Gasteiger partial charge is 0.191 e. The molecule has 0 amide bonds. The average molecular weight is 545 g/mol. The van der Waals surface area contributed by atoms with Crippen LogP contribution in [0.15, 0.2) is 46.1 Å². The third-order valence-corrected chi connectivity index (χ3v) is 5.75. The first-order valence-electron chi connectivity index (χ1n) is 10.2. The van der Waals surface area contributed by atoms with Crippen molar-refractivity contribution in [3.8, 4) is 5.75 Å². The van der Waals surface area contributed by atoms with E-state index in [0.717, 1.165) is 51.1 Å². The minimum atomic E-state index is 0. The van der Waals surface area contributed by atoms with Gasteiger partial charge in [-0.3, -0.25) is 9.89 Å². The Balaban J connectivity index is 0.00000320. The third-order valence-electron chi connectivity index (χ3n) is 5.05. The number of hydrogen-bond acceptors (Lipinski definition) is 5. The molecule has 0 aliphatic carbocycles. The van der Waals surface area contributed by atoms with Gasteiger partial charge in [0.2, 0.25) is 0 Å². The molecular weight excluding hydrogens is 511 g/mol. The van der Waals surface area contributed by atoms with Gasteiger partial charge in [-0.15, -0.1) is 24.0 Å². The summed E-state index contributed by atoms with van der Waals surface area (Å²) in [5, 5.41) is 11.1. The summed E-state index contributed by atoms with van der Waals surface area (Å²) in [4.78, 5) is 6.71. The number of nitrogens with one attached hydrogen (secondary N) is 2. The Bertz CT molecular complexity index is 751. The Hall–Kier alpha value is -1.36. The number of halogens is 1. The summed E-state index contributed by atoms with van der Waals surface area (Å²) in [6.07, 6.45) is 0. The molecule has 1 atom stereocenters. The molecule has 2 heterocycles. The molecule has 0 saturated carbocycles. The quantitative estimate of drug-likeness (QED) is 0.288. The van der Waals surface area contributed by atoms with E-state index in [-0.39, 0.29) is 24.0 Å². The molecule has 1 aliphatic rings. The molecule has 1 aliphatic heterocycles. The van der Waals surface area contributed by atoms with Crippen LogP contribution in [0.5, 0.6) is 5.75 Å². The van der Waals surface area contributed by atoms with Crippen molar-refractivity contribution in [3.05, 3.63) is 52.2 Å². The second-order valence-electron chi connectivity index (χ2n) is 7.21. The SMILES string of the molecule is CN=C(NCc1cccc(OCCN2CCOCC2)c1)NCC(C)c1ccsc1.I. The molecule has 1 fully saturated rings. The number of hydrogen-bond donors (Lipinski definition) is 2.